The van der Waals surface area contributed by atoms with Crippen molar-refractivity contribution in [3.8, 4) is 5.69 Å². The maximum Gasteiger partial charge on any atom is 0.316 e. The van der Waals surface area contributed by atoms with Gasteiger partial charge in [0.2, 0.25) is 0 Å². The number of carbonyl (C=O) groups excluding carboxylic acids is 3. The van der Waals surface area contributed by atoms with Crippen LogP contribution in [0.3, 0.4) is 0 Å². The molecule has 3 aromatic rings. The molecule has 1 aromatic heterocycles. The number of Topliss-reactive ketones (excluding diaryl/α,β-unsaturated/α-hetero) is 1. The van der Waals surface area contributed by atoms with Gasteiger partial charge in [-0.2, -0.15) is 5.10 Å². The van der Waals surface area contributed by atoms with E-state index >= 15 is 0 Å². The Hall–Kier alpha value is -3.94. The third kappa shape index (κ3) is 3.90. The van der Waals surface area contributed by atoms with E-state index in [0.29, 0.717) is 22.8 Å². The molecule has 0 atom stereocenters. The molecule has 0 saturated heterocycles. The highest BCUT2D eigenvalue weighted by Crippen LogP contribution is 2.20. The molecule has 0 fully saturated rings. The molecule has 28 heavy (non-hydrogen) atoms. The lowest BCUT2D eigenvalue weighted by Gasteiger charge is -2.08. The standard InChI is InChI=1S/C20H19N5O3/c1-12-17(13(2)25(24-12)16-9-4-3-5-10-16)18(26)19(27)22-14-7-6-8-15(11-14)23-20(21)28/h3-11H,1-2H3,(H,22,27)(H3,21,23,28). The predicted octanol–water partition coefficient (Wildman–Crippen LogP) is 2.80. The van der Waals surface area contributed by atoms with Crippen molar-refractivity contribution in [2.24, 2.45) is 5.73 Å². The summed E-state index contributed by atoms with van der Waals surface area (Å²) in [6.07, 6.45) is 0. The van der Waals surface area contributed by atoms with Gasteiger partial charge in [-0.15, -0.1) is 0 Å². The monoisotopic (exact) mass is 377 g/mol. The highest BCUT2D eigenvalue weighted by atomic mass is 16.2. The second-order valence-corrected chi connectivity index (χ2v) is 6.15. The lowest BCUT2D eigenvalue weighted by molar-refractivity contribution is -0.112. The first kappa shape index (κ1) is 18.8. The lowest BCUT2D eigenvalue weighted by Crippen LogP contribution is -2.24. The Morgan fingerprint density at radius 1 is 0.929 bits per heavy atom. The van der Waals surface area contributed by atoms with Crippen molar-refractivity contribution in [1.82, 2.24) is 9.78 Å². The molecule has 0 saturated carbocycles. The number of aromatic nitrogens is 2. The number of ketones is 1. The number of hydrogen-bond acceptors (Lipinski definition) is 4. The molecule has 0 aliphatic heterocycles. The number of benzene rings is 2. The summed E-state index contributed by atoms with van der Waals surface area (Å²) in [7, 11) is 0. The molecule has 0 unspecified atom stereocenters. The van der Waals surface area contributed by atoms with E-state index in [2.05, 4.69) is 15.7 Å². The van der Waals surface area contributed by atoms with Crippen LogP contribution in [0.1, 0.15) is 21.7 Å². The molecule has 8 heteroatoms. The summed E-state index contributed by atoms with van der Waals surface area (Å²) in [5.74, 6) is -1.49. The summed E-state index contributed by atoms with van der Waals surface area (Å²) in [6.45, 7) is 3.43. The van der Waals surface area contributed by atoms with Gasteiger partial charge < -0.3 is 16.4 Å². The third-order valence-corrected chi connectivity index (χ3v) is 4.11. The molecule has 0 bridgehead atoms. The fourth-order valence-electron chi connectivity index (χ4n) is 2.91. The van der Waals surface area contributed by atoms with Crippen molar-refractivity contribution in [3.63, 3.8) is 0 Å². The van der Waals surface area contributed by atoms with Crippen LogP contribution < -0.4 is 16.4 Å². The summed E-state index contributed by atoms with van der Waals surface area (Å²) in [5.41, 5.74) is 7.94. The van der Waals surface area contributed by atoms with E-state index < -0.39 is 17.7 Å². The van der Waals surface area contributed by atoms with Crippen molar-refractivity contribution in [2.75, 3.05) is 10.6 Å². The number of urea groups is 1. The lowest BCUT2D eigenvalue weighted by atomic mass is 10.1. The Bertz CT molecular complexity index is 1060. The Morgan fingerprint density at radius 3 is 2.21 bits per heavy atom. The Balaban J connectivity index is 1.84. The second-order valence-electron chi connectivity index (χ2n) is 6.15. The van der Waals surface area contributed by atoms with E-state index in [-0.39, 0.29) is 5.56 Å². The average Bonchev–Trinajstić information content (AvgIpc) is 2.96. The summed E-state index contributed by atoms with van der Waals surface area (Å²) < 4.78 is 1.63. The maximum absolute atomic E-state index is 12.7. The van der Waals surface area contributed by atoms with E-state index in [1.807, 2.05) is 30.3 Å². The zero-order valence-electron chi connectivity index (χ0n) is 15.4. The van der Waals surface area contributed by atoms with Gasteiger partial charge in [-0.05, 0) is 44.2 Å². The molecule has 4 N–H and O–H groups in total. The quantitative estimate of drug-likeness (QED) is 0.468. The highest BCUT2D eigenvalue weighted by molar-refractivity contribution is 6.47. The van der Waals surface area contributed by atoms with Crippen molar-refractivity contribution in [1.29, 1.82) is 0 Å². The number of carbonyl (C=O) groups is 3. The van der Waals surface area contributed by atoms with E-state index in [1.54, 1.807) is 36.7 Å². The number of nitrogens with two attached hydrogens (primary N) is 1. The minimum absolute atomic E-state index is 0.257. The predicted molar refractivity (Wildman–Crippen MR) is 106 cm³/mol. The third-order valence-electron chi connectivity index (χ3n) is 4.11. The highest BCUT2D eigenvalue weighted by Gasteiger charge is 2.25. The number of nitrogens with zero attached hydrogens (tertiary/aromatic N) is 2. The molecule has 3 amide bonds. The van der Waals surface area contributed by atoms with E-state index in [0.717, 1.165) is 5.69 Å². The summed E-state index contributed by atoms with van der Waals surface area (Å²) in [4.78, 5) is 36.2. The SMILES string of the molecule is Cc1nn(-c2ccccc2)c(C)c1C(=O)C(=O)Nc1cccc(NC(N)=O)c1. The minimum atomic E-state index is -0.796. The molecule has 0 spiro atoms. The second kappa shape index (κ2) is 7.75. The topological polar surface area (TPSA) is 119 Å². The van der Waals surface area contributed by atoms with Crippen molar-refractivity contribution in [2.45, 2.75) is 13.8 Å². The zero-order chi connectivity index (χ0) is 20.3. The van der Waals surface area contributed by atoms with Crippen LogP contribution in [0.4, 0.5) is 16.2 Å². The largest absolute Gasteiger partial charge is 0.351 e. The molecular formula is C20H19N5O3. The van der Waals surface area contributed by atoms with E-state index in [9.17, 15) is 14.4 Å². The van der Waals surface area contributed by atoms with E-state index in [1.165, 1.54) is 6.07 Å². The zero-order valence-corrected chi connectivity index (χ0v) is 15.4. The van der Waals surface area contributed by atoms with Crippen LogP contribution in [0, 0.1) is 13.8 Å². The fourth-order valence-corrected chi connectivity index (χ4v) is 2.91. The van der Waals surface area contributed by atoms with Crippen LogP contribution in [0.25, 0.3) is 5.69 Å². The average molecular weight is 377 g/mol. The number of primary amides is 1. The molecule has 0 aliphatic rings. The number of rotatable bonds is 5. The molecule has 2 aromatic carbocycles. The number of aryl methyl sites for hydroxylation is 1. The van der Waals surface area contributed by atoms with Gasteiger partial charge in [-0.3, -0.25) is 9.59 Å². The molecular weight excluding hydrogens is 358 g/mol. The van der Waals surface area contributed by atoms with Crippen LogP contribution in [0.5, 0.6) is 0 Å². The molecule has 8 nitrogen and oxygen atoms in total. The molecule has 1 heterocycles. The van der Waals surface area contributed by atoms with Gasteiger partial charge in [-0.25, -0.2) is 9.48 Å². The number of nitrogens with one attached hydrogen (secondary N) is 2. The van der Waals surface area contributed by atoms with Crippen LogP contribution >= 0.6 is 0 Å². The molecule has 142 valence electrons. The maximum atomic E-state index is 12.7. The number of anilines is 2. The summed E-state index contributed by atoms with van der Waals surface area (Å²) in [6, 6.07) is 15.0. The number of amides is 3. The first-order valence-electron chi connectivity index (χ1n) is 8.50. The number of para-hydroxylation sites is 1. The number of hydrogen-bond donors (Lipinski definition) is 3. The molecule has 0 radical (unpaired) electrons. The van der Waals surface area contributed by atoms with Crippen LogP contribution in [0.15, 0.2) is 54.6 Å². The van der Waals surface area contributed by atoms with Gasteiger partial charge in [0.05, 0.1) is 22.6 Å². The first-order chi connectivity index (χ1) is 13.4. The molecule has 3 rings (SSSR count). The van der Waals surface area contributed by atoms with Crippen molar-refractivity contribution < 1.29 is 14.4 Å². The van der Waals surface area contributed by atoms with Crippen molar-refractivity contribution >= 4 is 29.1 Å². The Morgan fingerprint density at radius 2 is 1.57 bits per heavy atom. The van der Waals surface area contributed by atoms with Gasteiger partial charge in [0.1, 0.15) is 0 Å². The normalized spacial score (nSPS) is 10.4. The first-order valence-corrected chi connectivity index (χ1v) is 8.50. The van der Waals surface area contributed by atoms with Gasteiger partial charge in [0.15, 0.2) is 0 Å². The Labute approximate surface area is 161 Å². The van der Waals surface area contributed by atoms with Gasteiger partial charge in [0, 0.05) is 11.4 Å². The van der Waals surface area contributed by atoms with Gasteiger partial charge in [0.25, 0.3) is 11.7 Å². The van der Waals surface area contributed by atoms with Gasteiger partial charge >= 0.3 is 6.03 Å². The fraction of sp³-hybridized carbons (Fsp3) is 0.100. The van der Waals surface area contributed by atoms with E-state index in [4.69, 9.17) is 5.73 Å². The molecule has 0 aliphatic carbocycles. The summed E-state index contributed by atoms with van der Waals surface area (Å²) in [5, 5.41) is 9.34. The van der Waals surface area contributed by atoms with Gasteiger partial charge in [-0.1, -0.05) is 24.3 Å². The summed E-state index contributed by atoms with van der Waals surface area (Å²) >= 11 is 0. The van der Waals surface area contributed by atoms with Crippen molar-refractivity contribution in [3.05, 3.63) is 71.5 Å². The van der Waals surface area contributed by atoms with Crippen LogP contribution in [-0.2, 0) is 4.79 Å². The van der Waals surface area contributed by atoms with Crippen LogP contribution in [0.2, 0.25) is 0 Å². The Kier molecular flexibility index (Phi) is 5.21. The minimum Gasteiger partial charge on any atom is -0.351 e. The van der Waals surface area contributed by atoms with Crippen LogP contribution in [-0.4, -0.2) is 27.5 Å². The smallest absolute Gasteiger partial charge is 0.316 e.